The summed E-state index contributed by atoms with van der Waals surface area (Å²) >= 11 is 0. The number of ether oxygens (including phenoxy) is 1. The molecule has 132 valence electrons. The van der Waals surface area contributed by atoms with Crippen molar-refractivity contribution in [3.8, 4) is 0 Å². The Balaban J connectivity index is 0.000000891. The maximum absolute atomic E-state index is 14.1. The molecule has 1 heterocycles. The smallest absolute Gasteiger partial charge is 0.290 e. The Morgan fingerprint density at radius 2 is 2.17 bits per heavy atom. The highest BCUT2D eigenvalue weighted by Crippen LogP contribution is 2.32. The molecule has 8 heteroatoms. The first-order chi connectivity index (χ1) is 11.2. The number of hydrogen-bond donors (Lipinski definition) is 3. The fraction of sp³-hybridized carbons (Fsp3) is 0.438. The predicted octanol–water partition coefficient (Wildman–Crippen LogP) is 1.72. The standard InChI is InChI=1S/C15H20FN3O2.CH2O2/c1-9(2)14(20)18-10-4-5-12(16)11(6-10)15(3)8-21-7-13(17)19-15;2-1-3/h4-6,9H,7-8H2,1-3H3,(H2,17,19)(H,18,20);1H,(H,2,3)/t15-;/m0./s1. The number of anilines is 1. The van der Waals surface area contributed by atoms with Crippen molar-refractivity contribution in [2.45, 2.75) is 26.3 Å². The van der Waals surface area contributed by atoms with Crippen molar-refractivity contribution < 1.29 is 23.8 Å². The number of rotatable bonds is 3. The number of halogens is 1. The molecule has 7 nitrogen and oxygen atoms in total. The van der Waals surface area contributed by atoms with E-state index in [1.54, 1.807) is 26.8 Å². The maximum atomic E-state index is 14.1. The highest BCUT2D eigenvalue weighted by Gasteiger charge is 2.32. The van der Waals surface area contributed by atoms with Gasteiger partial charge in [-0.1, -0.05) is 13.8 Å². The minimum absolute atomic E-state index is 0.124. The summed E-state index contributed by atoms with van der Waals surface area (Å²) in [6.45, 7) is 5.58. The SMILES string of the molecule is CC(C)C(=O)Nc1ccc(F)c([C@]2(C)COCC(N)=N2)c1.O=CO. The largest absolute Gasteiger partial charge is 0.483 e. The third-order valence-electron chi connectivity index (χ3n) is 3.36. The van der Waals surface area contributed by atoms with Gasteiger partial charge in [0.25, 0.3) is 6.47 Å². The molecule has 0 saturated heterocycles. The minimum Gasteiger partial charge on any atom is -0.483 e. The van der Waals surface area contributed by atoms with Gasteiger partial charge in [-0.3, -0.25) is 14.6 Å². The number of benzene rings is 1. The van der Waals surface area contributed by atoms with Crippen molar-refractivity contribution >= 4 is 23.9 Å². The number of aliphatic imine (C=N–C) groups is 1. The maximum Gasteiger partial charge on any atom is 0.290 e. The molecule has 1 aliphatic heterocycles. The lowest BCUT2D eigenvalue weighted by atomic mass is 9.91. The number of carbonyl (C=O) groups is 2. The molecule has 1 atom stereocenters. The van der Waals surface area contributed by atoms with E-state index in [1.807, 2.05) is 0 Å². The van der Waals surface area contributed by atoms with Crippen molar-refractivity contribution in [1.82, 2.24) is 0 Å². The van der Waals surface area contributed by atoms with Crippen LogP contribution in [0.4, 0.5) is 10.1 Å². The molecule has 1 amide bonds. The fourth-order valence-corrected chi connectivity index (χ4v) is 2.18. The lowest BCUT2D eigenvalue weighted by Gasteiger charge is -2.30. The Labute approximate surface area is 139 Å². The Hall–Kier alpha value is -2.48. The van der Waals surface area contributed by atoms with E-state index in [9.17, 15) is 9.18 Å². The molecule has 0 bridgehead atoms. The van der Waals surface area contributed by atoms with Gasteiger partial charge in [0.05, 0.1) is 6.61 Å². The topological polar surface area (TPSA) is 114 Å². The Morgan fingerprint density at radius 3 is 2.71 bits per heavy atom. The first-order valence-electron chi connectivity index (χ1n) is 7.34. The van der Waals surface area contributed by atoms with E-state index in [-0.39, 0.29) is 31.5 Å². The van der Waals surface area contributed by atoms with E-state index in [0.29, 0.717) is 17.1 Å². The number of amides is 1. The molecule has 2 rings (SSSR count). The van der Waals surface area contributed by atoms with Gasteiger partial charge in [-0.2, -0.15) is 0 Å². The first kappa shape index (κ1) is 19.6. The first-order valence-corrected chi connectivity index (χ1v) is 7.34. The molecule has 24 heavy (non-hydrogen) atoms. The monoisotopic (exact) mass is 339 g/mol. The molecule has 1 aliphatic rings. The summed E-state index contributed by atoms with van der Waals surface area (Å²) in [4.78, 5) is 24.4. The van der Waals surface area contributed by atoms with Gasteiger partial charge in [0.1, 0.15) is 23.8 Å². The van der Waals surface area contributed by atoms with Crippen LogP contribution in [-0.2, 0) is 19.9 Å². The molecule has 0 radical (unpaired) electrons. The molecular weight excluding hydrogens is 317 g/mol. The van der Waals surface area contributed by atoms with Crippen molar-refractivity contribution in [1.29, 1.82) is 0 Å². The number of nitrogens with one attached hydrogen (secondary N) is 1. The summed E-state index contributed by atoms with van der Waals surface area (Å²) in [5.41, 5.74) is 5.69. The number of amidine groups is 1. The Bertz CT molecular complexity index is 634. The van der Waals surface area contributed by atoms with E-state index in [0.717, 1.165) is 0 Å². The average molecular weight is 339 g/mol. The van der Waals surface area contributed by atoms with E-state index in [4.69, 9.17) is 20.4 Å². The molecule has 0 aliphatic carbocycles. The summed E-state index contributed by atoms with van der Waals surface area (Å²) in [7, 11) is 0. The van der Waals surface area contributed by atoms with Gasteiger partial charge in [0, 0.05) is 17.2 Å². The molecular formula is C16H22FN3O4. The van der Waals surface area contributed by atoms with E-state index in [2.05, 4.69) is 10.3 Å². The second kappa shape index (κ2) is 8.39. The number of nitrogens with two attached hydrogens (primary N) is 1. The molecule has 0 unspecified atom stereocenters. The van der Waals surface area contributed by atoms with E-state index in [1.165, 1.54) is 12.1 Å². The highest BCUT2D eigenvalue weighted by atomic mass is 19.1. The van der Waals surface area contributed by atoms with Crippen LogP contribution in [0.5, 0.6) is 0 Å². The molecule has 0 saturated carbocycles. The van der Waals surface area contributed by atoms with Crippen molar-refractivity contribution in [3.05, 3.63) is 29.6 Å². The van der Waals surface area contributed by atoms with Crippen LogP contribution in [0.15, 0.2) is 23.2 Å². The van der Waals surface area contributed by atoms with Gasteiger partial charge < -0.3 is 20.9 Å². The molecule has 1 aromatic rings. The zero-order chi connectivity index (χ0) is 18.3. The molecule has 1 aromatic carbocycles. The summed E-state index contributed by atoms with van der Waals surface area (Å²) in [6.07, 6.45) is 0. The van der Waals surface area contributed by atoms with Crippen LogP contribution in [0.1, 0.15) is 26.3 Å². The third-order valence-corrected chi connectivity index (χ3v) is 3.36. The zero-order valence-electron chi connectivity index (χ0n) is 13.9. The summed E-state index contributed by atoms with van der Waals surface area (Å²) < 4.78 is 19.5. The van der Waals surface area contributed by atoms with Crippen LogP contribution < -0.4 is 11.1 Å². The highest BCUT2D eigenvalue weighted by molar-refractivity contribution is 5.92. The van der Waals surface area contributed by atoms with Gasteiger partial charge in [-0.15, -0.1) is 0 Å². The average Bonchev–Trinajstić information content (AvgIpc) is 2.49. The normalized spacial score (nSPS) is 19.8. The number of carbonyl (C=O) groups excluding carboxylic acids is 1. The number of hydrogen-bond acceptors (Lipinski definition) is 5. The lowest BCUT2D eigenvalue weighted by Crippen LogP contribution is -2.38. The summed E-state index contributed by atoms with van der Waals surface area (Å²) in [5, 5.41) is 9.64. The Morgan fingerprint density at radius 1 is 1.54 bits per heavy atom. The lowest BCUT2D eigenvalue weighted by molar-refractivity contribution is -0.123. The molecule has 0 spiro atoms. The zero-order valence-corrected chi connectivity index (χ0v) is 13.9. The molecule has 0 aromatic heterocycles. The van der Waals surface area contributed by atoms with Crippen LogP contribution in [0.3, 0.4) is 0 Å². The van der Waals surface area contributed by atoms with Gasteiger partial charge in [0.2, 0.25) is 5.91 Å². The van der Waals surface area contributed by atoms with Crippen LogP contribution in [0.25, 0.3) is 0 Å². The predicted molar refractivity (Wildman–Crippen MR) is 88.4 cm³/mol. The quantitative estimate of drug-likeness (QED) is 0.726. The second-order valence-electron chi connectivity index (χ2n) is 5.81. The minimum atomic E-state index is -0.884. The van der Waals surface area contributed by atoms with Gasteiger partial charge in [-0.25, -0.2) is 4.39 Å². The van der Waals surface area contributed by atoms with Gasteiger partial charge >= 0.3 is 0 Å². The van der Waals surface area contributed by atoms with Crippen molar-refractivity contribution in [2.24, 2.45) is 16.6 Å². The van der Waals surface area contributed by atoms with Crippen molar-refractivity contribution in [3.63, 3.8) is 0 Å². The van der Waals surface area contributed by atoms with Crippen LogP contribution in [0.2, 0.25) is 0 Å². The second-order valence-corrected chi connectivity index (χ2v) is 5.81. The number of carboxylic acid groups (broad SMARTS) is 1. The summed E-state index contributed by atoms with van der Waals surface area (Å²) in [5.74, 6) is -0.344. The van der Waals surface area contributed by atoms with E-state index >= 15 is 0 Å². The molecule has 0 fully saturated rings. The number of nitrogens with zero attached hydrogens (tertiary/aromatic N) is 1. The van der Waals surface area contributed by atoms with Crippen molar-refractivity contribution in [2.75, 3.05) is 18.5 Å². The van der Waals surface area contributed by atoms with Crippen LogP contribution >= 0.6 is 0 Å². The molecule has 4 N–H and O–H groups in total. The fourth-order valence-electron chi connectivity index (χ4n) is 2.18. The third kappa shape index (κ3) is 5.02. The Kier molecular flexibility index (Phi) is 6.84. The summed E-state index contributed by atoms with van der Waals surface area (Å²) in [6, 6.07) is 4.43. The van der Waals surface area contributed by atoms with Gasteiger partial charge in [-0.05, 0) is 25.1 Å². The van der Waals surface area contributed by atoms with E-state index < -0.39 is 11.4 Å². The van der Waals surface area contributed by atoms with Gasteiger partial charge in [0.15, 0.2) is 0 Å². The van der Waals surface area contributed by atoms with Crippen LogP contribution in [-0.4, -0.2) is 36.5 Å². The van der Waals surface area contributed by atoms with Crippen LogP contribution in [0, 0.1) is 11.7 Å².